The van der Waals surface area contributed by atoms with Crippen molar-refractivity contribution in [2.45, 2.75) is 64.8 Å². The van der Waals surface area contributed by atoms with Crippen LogP contribution in [-0.2, 0) is 23.9 Å². The molecule has 3 amide bonds. The molecule has 5 bridgehead atoms. The number of fused-ring (bicyclic) bond motifs is 4. The van der Waals surface area contributed by atoms with Crippen molar-refractivity contribution in [1.82, 2.24) is 26.1 Å². The smallest absolute Gasteiger partial charge is 0.322 e. The summed E-state index contributed by atoms with van der Waals surface area (Å²) in [6.45, 7) is 4.01. The number of hydrazine groups is 1. The number of ether oxygens (including phenoxy) is 1. The maximum absolute atomic E-state index is 14.3. The van der Waals surface area contributed by atoms with E-state index < -0.39 is 66.7 Å². The lowest BCUT2D eigenvalue weighted by Crippen LogP contribution is -2.61. The van der Waals surface area contributed by atoms with E-state index >= 15 is 0 Å². The Morgan fingerprint density at radius 1 is 1.02 bits per heavy atom. The molecular formula is C30H37F2N5O5. The van der Waals surface area contributed by atoms with Gasteiger partial charge in [-0.25, -0.2) is 14.2 Å². The number of carbonyl (C=O) groups is 4. The van der Waals surface area contributed by atoms with E-state index in [1.54, 1.807) is 45.0 Å². The molecule has 0 aliphatic carbocycles. The lowest BCUT2D eigenvalue weighted by Gasteiger charge is -2.35. The summed E-state index contributed by atoms with van der Waals surface area (Å²) < 4.78 is 34.0. The van der Waals surface area contributed by atoms with E-state index in [2.05, 4.69) is 21.0 Å². The summed E-state index contributed by atoms with van der Waals surface area (Å²) in [5.41, 5.74) is 2.38. The number of cyclic esters (lactones) is 1. The minimum Gasteiger partial charge on any atom is -0.451 e. The highest BCUT2D eigenvalue weighted by Gasteiger charge is 2.42. The molecule has 1 fully saturated rings. The molecule has 0 saturated carbocycles. The molecule has 10 nitrogen and oxygen atoms in total. The normalized spacial score (nSPS) is 26.5. The standard InChI is InChI=1S/C30H37F2N5O5/c1-17(2)25-27(39)34-19(4)28(40)37-13-5-6-23(36-37)26(38)33-18(3)22-10-9-21-8-7-20(14-24(21)35-22)11-12-30(15-31,16-32)29(41)42-25/h7-12,14,17-19,23,25,36H,5-6,13,15-16H2,1-4H3,(H,33,38)(H,34,39)/b12-11+/t18-,19+,23+,25+/m1/s1. The average Bonchev–Trinajstić information content (AvgIpc) is 2.99. The van der Waals surface area contributed by atoms with Gasteiger partial charge in [-0.3, -0.25) is 29.2 Å². The Hall–Kier alpha value is -3.93. The van der Waals surface area contributed by atoms with Crippen molar-refractivity contribution in [3.8, 4) is 0 Å². The Morgan fingerprint density at radius 3 is 2.40 bits per heavy atom. The highest BCUT2D eigenvalue weighted by Crippen LogP contribution is 2.28. The van der Waals surface area contributed by atoms with E-state index in [0.717, 1.165) is 11.5 Å². The molecule has 0 unspecified atom stereocenters. The van der Waals surface area contributed by atoms with Crippen molar-refractivity contribution in [3.05, 3.63) is 47.7 Å². The number of aromatic nitrogens is 1. The van der Waals surface area contributed by atoms with E-state index in [1.807, 2.05) is 6.07 Å². The van der Waals surface area contributed by atoms with Crippen molar-refractivity contribution in [1.29, 1.82) is 0 Å². The lowest BCUT2D eigenvalue weighted by molar-refractivity contribution is -0.168. The summed E-state index contributed by atoms with van der Waals surface area (Å²) >= 11 is 0. The number of benzene rings is 1. The minimum atomic E-state index is -2.27. The van der Waals surface area contributed by atoms with Crippen LogP contribution in [-0.4, -0.2) is 71.8 Å². The monoisotopic (exact) mass is 585 g/mol. The number of carbonyl (C=O) groups excluding carboxylic acids is 4. The Morgan fingerprint density at radius 2 is 1.71 bits per heavy atom. The molecule has 0 spiro atoms. The number of nitrogens with zero attached hydrogens (tertiary/aromatic N) is 2. The van der Waals surface area contributed by atoms with Crippen LogP contribution in [0.5, 0.6) is 0 Å². The number of halogens is 2. The molecule has 2 aliphatic heterocycles. The fourth-order valence-corrected chi connectivity index (χ4v) is 4.89. The Kier molecular flexibility index (Phi) is 9.55. The summed E-state index contributed by atoms with van der Waals surface area (Å²) in [6, 6.07) is 6.67. The SMILES string of the molecule is CC(C)[C@@H]1OC(=O)C(CF)(CF)/C=C/c2ccc3ccc(nc3c2)[C@@H](C)NC(=O)[C@@H]2CCCN(N2)C(=O)[C@H](C)NC1=O. The summed E-state index contributed by atoms with van der Waals surface area (Å²) in [4.78, 5) is 57.3. The quantitative estimate of drug-likeness (QED) is 0.473. The fourth-order valence-electron chi connectivity index (χ4n) is 4.89. The van der Waals surface area contributed by atoms with Crippen molar-refractivity contribution < 1.29 is 32.7 Å². The minimum absolute atomic E-state index is 0.304. The van der Waals surface area contributed by atoms with Gasteiger partial charge in [-0.05, 0) is 50.3 Å². The van der Waals surface area contributed by atoms with Gasteiger partial charge in [0.1, 0.15) is 30.8 Å². The molecule has 0 radical (unpaired) electrons. The second-order valence-corrected chi connectivity index (χ2v) is 11.3. The molecule has 2 aromatic rings. The number of pyridine rings is 1. The van der Waals surface area contributed by atoms with E-state index in [-0.39, 0.29) is 5.91 Å². The molecule has 2 aliphatic rings. The number of hydrogen-bond donors (Lipinski definition) is 3. The van der Waals surface area contributed by atoms with Gasteiger partial charge in [-0.2, -0.15) is 0 Å². The third kappa shape index (κ3) is 6.59. The molecule has 4 rings (SSSR count). The van der Waals surface area contributed by atoms with Crippen LogP contribution >= 0.6 is 0 Å². The molecule has 12 heteroatoms. The van der Waals surface area contributed by atoms with Crippen LogP contribution in [0.2, 0.25) is 0 Å². The van der Waals surface area contributed by atoms with Crippen molar-refractivity contribution in [2.75, 3.05) is 19.9 Å². The van der Waals surface area contributed by atoms with Crippen LogP contribution in [0.3, 0.4) is 0 Å². The third-order valence-electron chi connectivity index (χ3n) is 7.61. The van der Waals surface area contributed by atoms with Gasteiger partial charge in [-0.1, -0.05) is 44.2 Å². The van der Waals surface area contributed by atoms with Gasteiger partial charge in [0.2, 0.25) is 5.91 Å². The lowest BCUT2D eigenvalue weighted by atomic mass is 9.89. The van der Waals surface area contributed by atoms with Gasteiger partial charge in [-0.15, -0.1) is 0 Å². The number of esters is 1. The molecule has 1 saturated heterocycles. The largest absolute Gasteiger partial charge is 0.451 e. The molecule has 3 N–H and O–H groups in total. The molecule has 4 atom stereocenters. The second kappa shape index (κ2) is 12.9. The van der Waals surface area contributed by atoms with Crippen molar-refractivity contribution in [2.24, 2.45) is 11.3 Å². The Labute approximate surface area is 243 Å². The molecular weight excluding hydrogens is 548 g/mol. The molecule has 226 valence electrons. The maximum atomic E-state index is 14.3. The van der Waals surface area contributed by atoms with Gasteiger partial charge in [0, 0.05) is 11.9 Å². The zero-order chi connectivity index (χ0) is 30.6. The molecule has 1 aromatic carbocycles. The van der Waals surface area contributed by atoms with Crippen LogP contribution in [0.15, 0.2) is 36.4 Å². The number of hydrogen-bond acceptors (Lipinski definition) is 7. The predicted octanol–water partition coefficient (Wildman–Crippen LogP) is 2.93. The van der Waals surface area contributed by atoms with Gasteiger partial charge < -0.3 is 15.4 Å². The number of alkyl halides is 2. The molecule has 42 heavy (non-hydrogen) atoms. The summed E-state index contributed by atoms with van der Waals surface area (Å²) in [7, 11) is 0. The van der Waals surface area contributed by atoms with Crippen LogP contribution in [0, 0.1) is 11.3 Å². The van der Waals surface area contributed by atoms with E-state index in [1.165, 1.54) is 18.0 Å². The van der Waals surface area contributed by atoms with Crippen LogP contribution < -0.4 is 16.1 Å². The molecule has 3 heterocycles. The highest BCUT2D eigenvalue weighted by molar-refractivity contribution is 5.92. The fraction of sp³-hybridized carbons (Fsp3) is 0.500. The first-order chi connectivity index (χ1) is 20.0. The maximum Gasteiger partial charge on any atom is 0.322 e. The van der Waals surface area contributed by atoms with Gasteiger partial charge in [0.15, 0.2) is 6.10 Å². The van der Waals surface area contributed by atoms with Crippen molar-refractivity contribution in [3.63, 3.8) is 0 Å². The summed E-state index contributed by atoms with van der Waals surface area (Å²) in [6.07, 6.45) is 2.15. The first-order valence-corrected chi connectivity index (χ1v) is 14.1. The Balaban J connectivity index is 1.75. The molecule has 1 aromatic heterocycles. The topological polar surface area (TPSA) is 130 Å². The van der Waals surface area contributed by atoms with Gasteiger partial charge in [0.25, 0.3) is 11.8 Å². The van der Waals surface area contributed by atoms with E-state index in [9.17, 15) is 28.0 Å². The summed E-state index contributed by atoms with van der Waals surface area (Å²) in [5, 5.41) is 7.58. The second-order valence-electron chi connectivity index (χ2n) is 11.3. The first kappa shape index (κ1) is 31.0. The third-order valence-corrected chi connectivity index (χ3v) is 7.61. The van der Waals surface area contributed by atoms with Crippen LogP contribution in [0.1, 0.15) is 57.8 Å². The van der Waals surface area contributed by atoms with Crippen LogP contribution in [0.4, 0.5) is 8.78 Å². The van der Waals surface area contributed by atoms with Crippen LogP contribution in [0.25, 0.3) is 17.0 Å². The van der Waals surface area contributed by atoms with Gasteiger partial charge in [0.05, 0.1) is 17.3 Å². The highest BCUT2D eigenvalue weighted by atomic mass is 19.1. The number of rotatable bonds is 3. The van der Waals surface area contributed by atoms with E-state index in [0.29, 0.717) is 36.2 Å². The number of nitrogens with one attached hydrogen (secondary N) is 3. The first-order valence-electron chi connectivity index (χ1n) is 14.1. The Bertz CT molecular complexity index is 1380. The summed E-state index contributed by atoms with van der Waals surface area (Å²) in [5.74, 6) is -3.38. The van der Waals surface area contributed by atoms with Gasteiger partial charge >= 0.3 is 5.97 Å². The van der Waals surface area contributed by atoms with E-state index in [4.69, 9.17) is 4.74 Å². The number of amides is 3. The average molecular weight is 586 g/mol. The predicted molar refractivity (Wildman–Crippen MR) is 152 cm³/mol. The zero-order valence-corrected chi connectivity index (χ0v) is 24.2. The zero-order valence-electron chi connectivity index (χ0n) is 24.2. The van der Waals surface area contributed by atoms with Crippen molar-refractivity contribution >= 4 is 40.7 Å².